The molecule has 1 N–H and O–H groups in total. The Balaban J connectivity index is 2.16. The lowest BCUT2D eigenvalue weighted by molar-refractivity contribution is 0.132. The van der Waals surface area contributed by atoms with E-state index in [9.17, 15) is 5.11 Å². The van der Waals surface area contributed by atoms with Crippen LogP contribution in [0.4, 0.5) is 0 Å². The number of benzene rings is 1. The molecule has 1 aliphatic carbocycles. The number of aliphatic hydroxyl groups is 1. The fourth-order valence-corrected chi connectivity index (χ4v) is 2.92. The minimum absolute atomic E-state index is 0.102. The van der Waals surface area contributed by atoms with Gasteiger partial charge in [0.25, 0.3) is 0 Å². The summed E-state index contributed by atoms with van der Waals surface area (Å²) in [6.45, 7) is 4.37. The first-order chi connectivity index (χ1) is 8.61. The average molecular weight is 248 g/mol. The third kappa shape index (κ3) is 2.86. The van der Waals surface area contributed by atoms with E-state index in [4.69, 9.17) is 4.74 Å². The van der Waals surface area contributed by atoms with Crippen molar-refractivity contribution in [3.05, 3.63) is 29.3 Å². The lowest BCUT2D eigenvalue weighted by Gasteiger charge is -2.17. The van der Waals surface area contributed by atoms with Gasteiger partial charge in [0.1, 0.15) is 5.75 Å². The standard InChI is InChI=1S/C16H24O2/c1-11(2)14-10-12(7-8-16(14)18-3)9-13-5-4-6-15(13)17/h7-8,10-11,13,15,17H,4-6,9H2,1-3H3. The Kier molecular flexibility index (Phi) is 4.28. The molecule has 1 aromatic carbocycles. The summed E-state index contributed by atoms with van der Waals surface area (Å²) in [7, 11) is 1.72. The quantitative estimate of drug-likeness (QED) is 0.883. The molecule has 100 valence electrons. The lowest BCUT2D eigenvalue weighted by atomic mass is 9.92. The van der Waals surface area contributed by atoms with Crippen molar-refractivity contribution in [1.82, 2.24) is 0 Å². The zero-order valence-electron chi connectivity index (χ0n) is 11.6. The smallest absolute Gasteiger partial charge is 0.122 e. The Morgan fingerprint density at radius 2 is 2.11 bits per heavy atom. The minimum Gasteiger partial charge on any atom is -0.496 e. The van der Waals surface area contributed by atoms with Gasteiger partial charge in [-0.15, -0.1) is 0 Å². The first-order valence-electron chi connectivity index (χ1n) is 6.96. The SMILES string of the molecule is COc1ccc(CC2CCCC2O)cc1C(C)C. The second kappa shape index (κ2) is 5.75. The van der Waals surface area contributed by atoms with Crippen LogP contribution in [-0.2, 0) is 6.42 Å². The molecule has 1 fully saturated rings. The topological polar surface area (TPSA) is 29.5 Å². The van der Waals surface area contributed by atoms with Crippen molar-refractivity contribution in [2.75, 3.05) is 7.11 Å². The Morgan fingerprint density at radius 3 is 2.67 bits per heavy atom. The van der Waals surface area contributed by atoms with Gasteiger partial charge in [-0.25, -0.2) is 0 Å². The van der Waals surface area contributed by atoms with Crippen molar-refractivity contribution in [3.63, 3.8) is 0 Å². The van der Waals surface area contributed by atoms with E-state index in [0.29, 0.717) is 11.8 Å². The largest absolute Gasteiger partial charge is 0.496 e. The molecule has 2 heteroatoms. The van der Waals surface area contributed by atoms with Crippen LogP contribution in [0.1, 0.15) is 50.2 Å². The van der Waals surface area contributed by atoms with Crippen molar-refractivity contribution in [2.24, 2.45) is 5.92 Å². The van der Waals surface area contributed by atoms with Gasteiger partial charge >= 0.3 is 0 Å². The van der Waals surface area contributed by atoms with E-state index in [2.05, 4.69) is 32.0 Å². The van der Waals surface area contributed by atoms with Gasteiger partial charge in [-0.1, -0.05) is 32.4 Å². The van der Waals surface area contributed by atoms with E-state index >= 15 is 0 Å². The maximum Gasteiger partial charge on any atom is 0.122 e. The van der Waals surface area contributed by atoms with Crippen LogP contribution in [-0.4, -0.2) is 18.3 Å². The van der Waals surface area contributed by atoms with Crippen molar-refractivity contribution >= 4 is 0 Å². The van der Waals surface area contributed by atoms with Gasteiger partial charge in [-0.05, 0) is 48.3 Å². The van der Waals surface area contributed by atoms with Gasteiger partial charge in [0, 0.05) is 0 Å². The van der Waals surface area contributed by atoms with Gasteiger partial charge in [-0.2, -0.15) is 0 Å². The van der Waals surface area contributed by atoms with Crippen LogP contribution in [0.25, 0.3) is 0 Å². The van der Waals surface area contributed by atoms with Gasteiger partial charge in [-0.3, -0.25) is 0 Å². The Morgan fingerprint density at radius 1 is 1.33 bits per heavy atom. The number of ether oxygens (including phenoxy) is 1. The Bertz CT molecular complexity index is 398. The summed E-state index contributed by atoms with van der Waals surface area (Å²) in [6.07, 6.45) is 4.18. The fraction of sp³-hybridized carbons (Fsp3) is 0.625. The molecule has 0 bridgehead atoms. The first-order valence-corrected chi connectivity index (χ1v) is 6.96. The number of methoxy groups -OCH3 is 1. The van der Waals surface area contributed by atoms with E-state index < -0.39 is 0 Å². The van der Waals surface area contributed by atoms with Crippen molar-refractivity contribution in [2.45, 2.75) is 51.6 Å². The monoisotopic (exact) mass is 248 g/mol. The van der Waals surface area contributed by atoms with Crippen molar-refractivity contribution in [1.29, 1.82) is 0 Å². The Hall–Kier alpha value is -1.02. The molecule has 1 saturated carbocycles. The molecule has 1 aliphatic rings. The fourth-order valence-electron chi connectivity index (χ4n) is 2.92. The summed E-state index contributed by atoms with van der Waals surface area (Å²) < 4.78 is 5.40. The van der Waals surface area contributed by atoms with E-state index in [1.54, 1.807) is 7.11 Å². The maximum absolute atomic E-state index is 9.90. The summed E-state index contributed by atoms with van der Waals surface area (Å²) in [6, 6.07) is 6.44. The summed E-state index contributed by atoms with van der Waals surface area (Å²) >= 11 is 0. The third-order valence-corrected chi connectivity index (χ3v) is 4.03. The highest BCUT2D eigenvalue weighted by molar-refractivity contribution is 5.39. The molecule has 0 saturated heterocycles. The van der Waals surface area contributed by atoms with Crippen molar-refractivity contribution < 1.29 is 9.84 Å². The minimum atomic E-state index is -0.102. The van der Waals surface area contributed by atoms with Crippen LogP contribution in [0.3, 0.4) is 0 Å². The number of aliphatic hydroxyl groups excluding tert-OH is 1. The van der Waals surface area contributed by atoms with Crippen LogP contribution < -0.4 is 4.74 Å². The lowest BCUT2D eigenvalue weighted by Crippen LogP contribution is -2.15. The van der Waals surface area contributed by atoms with Crippen LogP contribution in [0.15, 0.2) is 18.2 Å². The first kappa shape index (κ1) is 13.4. The van der Waals surface area contributed by atoms with E-state index in [1.807, 2.05) is 0 Å². The zero-order valence-corrected chi connectivity index (χ0v) is 11.6. The van der Waals surface area contributed by atoms with Gasteiger partial charge in [0.05, 0.1) is 13.2 Å². The van der Waals surface area contributed by atoms with Crippen LogP contribution in [0, 0.1) is 5.92 Å². The summed E-state index contributed by atoms with van der Waals surface area (Å²) in [5, 5.41) is 9.90. The predicted molar refractivity (Wildman–Crippen MR) is 74.1 cm³/mol. The molecule has 2 unspecified atom stereocenters. The number of rotatable bonds is 4. The second-order valence-corrected chi connectivity index (χ2v) is 5.69. The van der Waals surface area contributed by atoms with Crippen molar-refractivity contribution in [3.8, 4) is 5.75 Å². The highest BCUT2D eigenvalue weighted by Gasteiger charge is 2.25. The van der Waals surface area contributed by atoms with Crippen LogP contribution in [0.5, 0.6) is 5.75 Å². The molecule has 2 atom stereocenters. The highest BCUT2D eigenvalue weighted by Crippen LogP contribution is 2.32. The number of hydrogen-bond donors (Lipinski definition) is 1. The average Bonchev–Trinajstić information content (AvgIpc) is 2.75. The highest BCUT2D eigenvalue weighted by atomic mass is 16.5. The van der Waals surface area contributed by atoms with Crippen LogP contribution >= 0.6 is 0 Å². The normalized spacial score (nSPS) is 23.6. The molecule has 2 rings (SSSR count). The third-order valence-electron chi connectivity index (χ3n) is 4.03. The molecule has 0 aliphatic heterocycles. The number of hydrogen-bond acceptors (Lipinski definition) is 2. The predicted octanol–water partition coefficient (Wildman–Crippen LogP) is 3.52. The molecule has 0 aromatic heterocycles. The van der Waals surface area contributed by atoms with Gasteiger partial charge in [0.2, 0.25) is 0 Å². The van der Waals surface area contributed by atoms with Gasteiger partial charge < -0.3 is 9.84 Å². The molecule has 0 spiro atoms. The summed E-state index contributed by atoms with van der Waals surface area (Å²) in [4.78, 5) is 0. The maximum atomic E-state index is 9.90. The summed E-state index contributed by atoms with van der Waals surface area (Å²) in [5.74, 6) is 1.88. The second-order valence-electron chi connectivity index (χ2n) is 5.69. The van der Waals surface area contributed by atoms with Crippen LogP contribution in [0.2, 0.25) is 0 Å². The summed E-state index contributed by atoms with van der Waals surface area (Å²) in [5.41, 5.74) is 2.59. The van der Waals surface area contributed by atoms with E-state index in [-0.39, 0.29) is 6.10 Å². The molecule has 1 aromatic rings. The van der Waals surface area contributed by atoms with E-state index in [1.165, 1.54) is 17.5 Å². The van der Waals surface area contributed by atoms with E-state index in [0.717, 1.165) is 25.0 Å². The molecule has 0 heterocycles. The Labute approximate surface area is 110 Å². The zero-order chi connectivity index (χ0) is 13.1. The molecular formula is C16H24O2. The molecule has 0 amide bonds. The molecule has 18 heavy (non-hydrogen) atoms. The molecule has 2 nitrogen and oxygen atoms in total. The molecular weight excluding hydrogens is 224 g/mol. The molecule has 0 radical (unpaired) electrons. The van der Waals surface area contributed by atoms with Gasteiger partial charge in [0.15, 0.2) is 0 Å².